The normalized spacial score (nSPS) is 24.8. The Morgan fingerprint density at radius 2 is 1.93 bits per heavy atom. The molecule has 11 nitrogen and oxygen atoms in total. The van der Waals surface area contributed by atoms with Gasteiger partial charge in [0.2, 0.25) is 11.8 Å². The minimum absolute atomic E-state index is 0.0259. The zero-order valence-electron chi connectivity index (χ0n) is 21.4. The van der Waals surface area contributed by atoms with E-state index >= 15 is 0 Å². The second kappa shape index (κ2) is 9.99. The minimum atomic E-state index is -4.64. The molecule has 0 bridgehead atoms. The van der Waals surface area contributed by atoms with Crippen LogP contribution in [0.3, 0.4) is 0 Å². The first-order valence-electron chi connectivity index (χ1n) is 13.3. The Morgan fingerprint density at radius 3 is 2.59 bits per heavy atom. The average molecular weight is 584 g/mol. The summed E-state index contributed by atoms with van der Waals surface area (Å²) in [7, 11) is 0. The van der Waals surface area contributed by atoms with E-state index in [4.69, 9.17) is 4.63 Å². The summed E-state index contributed by atoms with van der Waals surface area (Å²) in [5.41, 5.74) is 1.05. The van der Waals surface area contributed by atoms with Gasteiger partial charge in [0.1, 0.15) is 11.7 Å². The van der Waals surface area contributed by atoms with Crippen LogP contribution < -0.4 is 10.6 Å². The van der Waals surface area contributed by atoms with E-state index in [-0.39, 0.29) is 54.4 Å². The van der Waals surface area contributed by atoms with Gasteiger partial charge in [0, 0.05) is 24.3 Å². The molecule has 0 unspecified atom stereocenters. The number of nitrogens with zero attached hydrogens (tertiary/aromatic N) is 5. The van der Waals surface area contributed by atoms with E-state index in [1.165, 1.54) is 23.0 Å². The number of aromatic nitrogens is 5. The van der Waals surface area contributed by atoms with Gasteiger partial charge in [0.15, 0.2) is 11.3 Å². The summed E-state index contributed by atoms with van der Waals surface area (Å²) in [6.07, 6.45) is -2.90. The number of aliphatic hydroxyl groups excluding tert-OH is 1. The molecule has 41 heavy (non-hydrogen) atoms. The number of rotatable bonds is 7. The third-order valence-electron chi connectivity index (χ3n) is 8.15. The minimum Gasteiger partial charge on any atom is -0.388 e. The summed E-state index contributed by atoms with van der Waals surface area (Å²) in [5, 5.41) is 27.2. The Balaban J connectivity index is 1.27. The fourth-order valence-corrected chi connectivity index (χ4v) is 5.66. The van der Waals surface area contributed by atoms with Crippen LogP contribution in [0.5, 0.6) is 0 Å². The van der Waals surface area contributed by atoms with E-state index in [1.807, 2.05) is 5.32 Å². The molecule has 0 spiro atoms. The first-order chi connectivity index (χ1) is 19.4. The molecular weight excluding hydrogens is 557 g/mol. The molecule has 0 radical (unpaired) electrons. The summed E-state index contributed by atoms with van der Waals surface area (Å²) in [4.78, 5) is 29.9. The maximum absolute atomic E-state index is 13.9. The van der Waals surface area contributed by atoms with E-state index in [1.54, 1.807) is 0 Å². The number of hydrogen-bond donors (Lipinski definition) is 3. The number of carbonyl (C=O) groups is 2. The monoisotopic (exact) mass is 583 g/mol. The van der Waals surface area contributed by atoms with Gasteiger partial charge in [-0.3, -0.25) is 9.59 Å². The number of aliphatic hydroxyl groups is 1. The van der Waals surface area contributed by atoms with Crippen molar-refractivity contribution >= 4 is 17.5 Å². The van der Waals surface area contributed by atoms with Crippen molar-refractivity contribution in [2.75, 3.05) is 0 Å². The summed E-state index contributed by atoms with van der Waals surface area (Å²) < 4.78 is 73.3. The topological polar surface area (TPSA) is 148 Å². The van der Waals surface area contributed by atoms with Gasteiger partial charge in [-0.1, -0.05) is 5.16 Å². The lowest BCUT2D eigenvalue weighted by Gasteiger charge is -2.33. The van der Waals surface area contributed by atoms with Crippen molar-refractivity contribution in [2.45, 2.75) is 81.2 Å². The maximum atomic E-state index is 13.9. The Bertz CT molecular complexity index is 1460. The van der Waals surface area contributed by atoms with Crippen LogP contribution >= 0.6 is 0 Å². The second-order valence-corrected chi connectivity index (χ2v) is 11.1. The number of hydrogen-bond acceptors (Lipinski definition) is 8. The van der Waals surface area contributed by atoms with Crippen LogP contribution in [0.25, 0.3) is 5.65 Å². The van der Waals surface area contributed by atoms with Crippen LogP contribution in [0.1, 0.15) is 90.4 Å². The molecule has 1 aliphatic heterocycles. The first-order valence-corrected chi connectivity index (χ1v) is 13.3. The highest BCUT2D eigenvalue weighted by atomic mass is 19.4. The van der Waals surface area contributed by atoms with Gasteiger partial charge < -0.3 is 15.7 Å². The quantitative estimate of drug-likeness (QED) is 0.359. The Hall–Kier alpha value is -3.69. The molecule has 2 aliphatic carbocycles. The van der Waals surface area contributed by atoms with Crippen LogP contribution in [0, 0.1) is 11.8 Å². The standard InChI is InChI=1S/C25H26F5N7O4/c26-24(27)5-3-12(4-6-24)18(34-23(40)20-19(11-1-2-11)35-41-36-20)15-10-37-17(32-15)7-13(9-31-37)21(38)14-8-16(25(28,29)30)33-22(14)39/h7,9-12,14,16,18,21,38H,1-6,8H2,(H,33,39)(H,34,40)/t14-,16+,18+,21-/m1/s1. The third kappa shape index (κ3) is 5.48. The number of nitrogens with one attached hydrogen (secondary N) is 2. The Labute approximate surface area is 228 Å². The zero-order chi connectivity index (χ0) is 29.1. The molecule has 2 saturated carbocycles. The highest BCUT2D eigenvalue weighted by Crippen LogP contribution is 2.43. The van der Waals surface area contributed by atoms with Gasteiger partial charge in [-0.25, -0.2) is 22.9 Å². The number of amides is 2. The third-order valence-corrected chi connectivity index (χ3v) is 8.15. The van der Waals surface area contributed by atoms with Crippen LogP contribution in [0.15, 0.2) is 23.1 Å². The first kappa shape index (κ1) is 27.5. The Kier molecular flexibility index (Phi) is 6.70. The predicted molar refractivity (Wildman–Crippen MR) is 127 cm³/mol. The average Bonchev–Trinajstić information content (AvgIpc) is 3.31. The molecule has 16 heteroatoms. The van der Waals surface area contributed by atoms with Crippen molar-refractivity contribution in [1.29, 1.82) is 0 Å². The summed E-state index contributed by atoms with van der Waals surface area (Å²) >= 11 is 0. The molecule has 3 fully saturated rings. The fourth-order valence-electron chi connectivity index (χ4n) is 5.66. The van der Waals surface area contributed by atoms with E-state index in [0.717, 1.165) is 12.8 Å². The molecule has 4 heterocycles. The predicted octanol–water partition coefficient (Wildman–Crippen LogP) is 3.39. The van der Waals surface area contributed by atoms with E-state index in [0.29, 0.717) is 11.4 Å². The van der Waals surface area contributed by atoms with Crippen molar-refractivity contribution in [2.24, 2.45) is 11.8 Å². The highest BCUT2D eigenvalue weighted by molar-refractivity contribution is 5.93. The molecule has 1 saturated heterocycles. The van der Waals surface area contributed by atoms with Crippen molar-refractivity contribution in [3.8, 4) is 0 Å². The summed E-state index contributed by atoms with van der Waals surface area (Å²) in [5.74, 6) is -5.96. The van der Waals surface area contributed by atoms with Gasteiger partial charge in [0.25, 0.3) is 5.91 Å². The lowest BCUT2D eigenvalue weighted by atomic mass is 9.81. The van der Waals surface area contributed by atoms with Crippen molar-refractivity contribution in [3.05, 3.63) is 41.1 Å². The van der Waals surface area contributed by atoms with E-state index in [2.05, 4.69) is 25.7 Å². The van der Waals surface area contributed by atoms with Crippen LogP contribution in [-0.4, -0.2) is 60.0 Å². The number of imidazole rings is 1. The van der Waals surface area contributed by atoms with Gasteiger partial charge in [-0.15, -0.1) is 0 Å². The number of carbonyl (C=O) groups excluding carboxylic acids is 2. The molecule has 4 atom stereocenters. The molecule has 2 amide bonds. The summed E-state index contributed by atoms with van der Waals surface area (Å²) in [6, 6.07) is -1.47. The van der Waals surface area contributed by atoms with Crippen LogP contribution in [0.2, 0.25) is 0 Å². The summed E-state index contributed by atoms with van der Waals surface area (Å²) in [6.45, 7) is 0. The maximum Gasteiger partial charge on any atom is 0.408 e. The number of fused-ring (bicyclic) bond motifs is 1. The van der Waals surface area contributed by atoms with Gasteiger partial charge in [-0.2, -0.15) is 18.3 Å². The van der Waals surface area contributed by atoms with E-state index in [9.17, 15) is 36.6 Å². The molecule has 3 aromatic heterocycles. The highest BCUT2D eigenvalue weighted by Gasteiger charge is 2.50. The smallest absolute Gasteiger partial charge is 0.388 e. The molecular formula is C25H26F5N7O4. The van der Waals surface area contributed by atoms with Crippen LogP contribution in [0.4, 0.5) is 22.0 Å². The number of alkyl halides is 5. The zero-order valence-corrected chi connectivity index (χ0v) is 21.4. The molecule has 3 N–H and O–H groups in total. The van der Waals surface area contributed by atoms with Gasteiger partial charge >= 0.3 is 6.18 Å². The van der Waals surface area contributed by atoms with E-state index < -0.39 is 54.4 Å². The van der Waals surface area contributed by atoms with Gasteiger partial charge in [-0.05, 0) is 49.2 Å². The number of halogens is 5. The molecule has 3 aliphatic rings. The molecule has 6 rings (SSSR count). The SMILES string of the molecule is O=C(N[C@H](c1cn2ncc([C@@H](O)[C@H]3C[C@@H](C(F)(F)F)NC3=O)cc2n1)C1CCC(F)(F)CC1)c1nonc1C1CC1. The molecule has 0 aromatic carbocycles. The lowest BCUT2D eigenvalue weighted by molar-refractivity contribution is -0.155. The van der Waals surface area contributed by atoms with Crippen molar-refractivity contribution < 1.29 is 41.3 Å². The van der Waals surface area contributed by atoms with Crippen LogP contribution in [-0.2, 0) is 4.79 Å². The Morgan fingerprint density at radius 1 is 1.20 bits per heavy atom. The van der Waals surface area contributed by atoms with Crippen molar-refractivity contribution in [1.82, 2.24) is 35.5 Å². The fraction of sp³-hybridized carbons (Fsp3) is 0.600. The van der Waals surface area contributed by atoms with Crippen molar-refractivity contribution in [3.63, 3.8) is 0 Å². The lowest BCUT2D eigenvalue weighted by Crippen LogP contribution is -2.38. The second-order valence-electron chi connectivity index (χ2n) is 11.1. The molecule has 3 aromatic rings. The van der Waals surface area contributed by atoms with Gasteiger partial charge in [0.05, 0.1) is 36.2 Å². The molecule has 220 valence electrons. The largest absolute Gasteiger partial charge is 0.408 e.